The fourth-order valence-corrected chi connectivity index (χ4v) is 2.34. The van der Waals surface area contributed by atoms with Crippen LogP contribution >= 0.6 is 0 Å². The van der Waals surface area contributed by atoms with Crippen molar-refractivity contribution in [3.8, 4) is 11.8 Å². The molecule has 4 nitrogen and oxygen atoms in total. The molecule has 0 bridgehead atoms. The number of hydrogen-bond acceptors (Lipinski definition) is 3. The maximum Gasteiger partial charge on any atom is 0.255 e. The molecule has 3 rings (SSSR count). The number of carbonyl (C=O) groups is 1. The zero-order valence-corrected chi connectivity index (χ0v) is 13.5. The second kappa shape index (κ2) is 7.80. The number of ether oxygens (including phenoxy) is 1. The van der Waals surface area contributed by atoms with Crippen LogP contribution in [0.25, 0.3) is 0 Å². The summed E-state index contributed by atoms with van der Waals surface area (Å²) in [5.41, 5.74) is 2.64. The molecule has 4 heteroatoms. The monoisotopic (exact) mass is 328 g/mol. The van der Waals surface area contributed by atoms with E-state index < -0.39 is 0 Å². The van der Waals surface area contributed by atoms with Crippen LogP contribution in [0.2, 0.25) is 0 Å². The zero-order chi connectivity index (χ0) is 17.5. The van der Waals surface area contributed by atoms with Gasteiger partial charge in [0, 0.05) is 11.3 Å². The molecule has 0 aromatic heterocycles. The van der Waals surface area contributed by atoms with Crippen LogP contribution in [-0.2, 0) is 6.61 Å². The maximum atomic E-state index is 12.4. The standard InChI is InChI=1S/C21H16N2O2/c22-14-17-8-4-10-19(12-17)23-21(24)18-9-5-11-20(13-18)25-15-16-6-2-1-3-7-16/h1-13H,15H2,(H,23,24). The van der Waals surface area contributed by atoms with Crippen molar-refractivity contribution in [3.05, 3.63) is 95.6 Å². The Balaban J connectivity index is 1.68. The topological polar surface area (TPSA) is 62.1 Å². The average Bonchev–Trinajstić information content (AvgIpc) is 2.67. The molecule has 0 aliphatic rings. The van der Waals surface area contributed by atoms with Crippen molar-refractivity contribution < 1.29 is 9.53 Å². The molecule has 0 unspecified atom stereocenters. The minimum atomic E-state index is -0.250. The molecular formula is C21H16N2O2. The summed E-state index contributed by atoms with van der Waals surface area (Å²) >= 11 is 0. The predicted molar refractivity (Wildman–Crippen MR) is 96.3 cm³/mol. The smallest absolute Gasteiger partial charge is 0.255 e. The van der Waals surface area contributed by atoms with Crippen molar-refractivity contribution in [1.82, 2.24) is 0 Å². The van der Waals surface area contributed by atoms with Gasteiger partial charge in [-0.2, -0.15) is 5.26 Å². The first-order chi connectivity index (χ1) is 12.2. The highest BCUT2D eigenvalue weighted by molar-refractivity contribution is 6.04. The molecule has 0 aliphatic heterocycles. The van der Waals surface area contributed by atoms with E-state index in [1.54, 1.807) is 42.5 Å². The molecule has 1 N–H and O–H groups in total. The third-order valence-corrected chi connectivity index (χ3v) is 3.59. The lowest BCUT2D eigenvalue weighted by molar-refractivity contribution is 0.102. The molecule has 122 valence electrons. The fourth-order valence-electron chi connectivity index (χ4n) is 2.34. The lowest BCUT2D eigenvalue weighted by Gasteiger charge is -2.09. The molecular weight excluding hydrogens is 312 g/mol. The van der Waals surface area contributed by atoms with Gasteiger partial charge in [-0.1, -0.05) is 42.5 Å². The number of nitrogens with one attached hydrogen (secondary N) is 1. The largest absolute Gasteiger partial charge is 0.489 e. The Morgan fingerprint density at radius 3 is 2.56 bits per heavy atom. The van der Waals surface area contributed by atoms with Crippen LogP contribution in [0, 0.1) is 11.3 Å². The molecule has 0 saturated heterocycles. The molecule has 0 fully saturated rings. The minimum absolute atomic E-state index is 0.250. The number of hydrogen-bond donors (Lipinski definition) is 1. The van der Waals surface area contributed by atoms with Crippen LogP contribution in [0.5, 0.6) is 5.75 Å². The van der Waals surface area contributed by atoms with Gasteiger partial charge >= 0.3 is 0 Å². The van der Waals surface area contributed by atoms with Crippen molar-refractivity contribution in [3.63, 3.8) is 0 Å². The quantitative estimate of drug-likeness (QED) is 0.755. The summed E-state index contributed by atoms with van der Waals surface area (Å²) in [5, 5.41) is 11.7. The third kappa shape index (κ3) is 4.46. The Morgan fingerprint density at radius 2 is 1.76 bits per heavy atom. The number of nitrogens with zero attached hydrogens (tertiary/aromatic N) is 1. The molecule has 3 aromatic carbocycles. The summed E-state index contributed by atoms with van der Waals surface area (Å²) in [7, 11) is 0. The number of amides is 1. The normalized spacial score (nSPS) is 9.88. The van der Waals surface area contributed by atoms with Crippen LogP contribution < -0.4 is 10.1 Å². The Bertz CT molecular complexity index is 914. The van der Waals surface area contributed by atoms with Crippen LogP contribution in [0.1, 0.15) is 21.5 Å². The van der Waals surface area contributed by atoms with Crippen molar-refractivity contribution in [1.29, 1.82) is 5.26 Å². The summed E-state index contributed by atoms with van der Waals surface area (Å²) in [6, 6.07) is 25.7. The van der Waals surface area contributed by atoms with Crippen LogP contribution in [-0.4, -0.2) is 5.91 Å². The highest BCUT2D eigenvalue weighted by atomic mass is 16.5. The third-order valence-electron chi connectivity index (χ3n) is 3.59. The highest BCUT2D eigenvalue weighted by Gasteiger charge is 2.08. The summed E-state index contributed by atoms with van der Waals surface area (Å²) < 4.78 is 5.75. The Labute approximate surface area is 146 Å². The van der Waals surface area contributed by atoms with Crippen molar-refractivity contribution >= 4 is 11.6 Å². The van der Waals surface area contributed by atoms with Gasteiger partial charge in [0.05, 0.1) is 11.6 Å². The van der Waals surface area contributed by atoms with Crippen molar-refractivity contribution in [2.75, 3.05) is 5.32 Å². The van der Waals surface area contributed by atoms with Gasteiger partial charge in [-0.05, 0) is 42.0 Å². The zero-order valence-electron chi connectivity index (χ0n) is 13.5. The number of carbonyl (C=O) groups excluding carboxylic acids is 1. The lowest BCUT2D eigenvalue weighted by Crippen LogP contribution is -2.12. The van der Waals surface area contributed by atoms with Gasteiger partial charge in [-0.25, -0.2) is 0 Å². The van der Waals surface area contributed by atoms with Gasteiger partial charge in [0.25, 0.3) is 5.91 Å². The fraction of sp³-hybridized carbons (Fsp3) is 0.0476. The maximum absolute atomic E-state index is 12.4. The molecule has 0 radical (unpaired) electrons. The molecule has 1 amide bonds. The number of rotatable bonds is 5. The van der Waals surface area contributed by atoms with E-state index >= 15 is 0 Å². The van der Waals surface area contributed by atoms with E-state index in [0.717, 1.165) is 5.56 Å². The summed E-state index contributed by atoms with van der Waals surface area (Å²) in [5.74, 6) is 0.377. The van der Waals surface area contributed by atoms with Crippen LogP contribution in [0.4, 0.5) is 5.69 Å². The first-order valence-corrected chi connectivity index (χ1v) is 7.83. The van der Waals surface area contributed by atoms with Gasteiger partial charge in [0.15, 0.2) is 0 Å². The molecule has 0 atom stereocenters. The average molecular weight is 328 g/mol. The van der Waals surface area contributed by atoms with E-state index in [0.29, 0.717) is 29.2 Å². The van der Waals surface area contributed by atoms with E-state index in [2.05, 4.69) is 11.4 Å². The van der Waals surface area contributed by atoms with E-state index in [1.807, 2.05) is 36.4 Å². The second-order valence-electron chi connectivity index (χ2n) is 5.45. The first kappa shape index (κ1) is 16.3. The molecule has 3 aromatic rings. The van der Waals surface area contributed by atoms with E-state index in [-0.39, 0.29) is 5.91 Å². The minimum Gasteiger partial charge on any atom is -0.489 e. The number of nitriles is 1. The molecule has 25 heavy (non-hydrogen) atoms. The van der Waals surface area contributed by atoms with Crippen molar-refractivity contribution in [2.45, 2.75) is 6.61 Å². The highest BCUT2D eigenvalue weighted by Crippen LogP contribution is 2.17. The summed E-state index contributed by atoms with van der Waals surface area (Å²) in [6.45, 7) is 0.441. The molecule has 0 saturated carbocycles. The molecule has 0 aliphatic carbocycles. The lowest BCUT2D eigenvalue weighted by atomic mass is 10.1. The Kier molecular flexibility index (Phi) is 5.08. The van der Waals surface area contributed by atoms with Crippen LogP contribution in [0.3, 0.4) is 0 Å². The summed E-state index contributed by atoms with van der Waals surface area (Å²) in [4.78, 5) is 12.4. The number of anilines is 1. The van der Waals surface area contributed by atoms with Gasteiger partial charge < -0.3 is 10.1 Å². The van der Waals surface area contributed by atoms with Gasteiger partial charge in [-0.3, -0.25) is 4.79 Å². The summed E-state index contributed by atoms with van der Waals surface area (Å²) in [6.07, 6.45) is 0. The van der Waals surface area contributed by atoms with E-state index in [1.165, 1.54) is 0 Å². The molecule has 0 heterocycles. The Morgan fingerprint density at radius 1 is 0.960 bits per heavy atom. The first-order valence-electron chi connectivity index (χ1n) is 7.83. The van der Waals surface area contributed by atoms with Gasteiger partial charge in [-0.15, -0.1) is 0 Å². The van der Waals surface area contributed by atoms with E-state index in [4.69, 9.17) is 10.00 Å². The van der Waals surface area contributed by atoms with Gasteiger partial charge in [0.1, 0.15) is 12.4 Å². The van der Waals surface area contributed by atoms with Crippen LogP contribution in [0.15, 0.2) is 78.9 Å². The Hall–Kier alpha value is -3.58. The molecule has 0 spiro atoms. The number of benzene rings is 3. The predicted octanol–water partition coefficient (Wildman–Crippen LogP) is 4.39. The second-order valence-corrected chi connectivity index (χ2v) is 5.45. The van der Waals surface area contributed by atoms with Crippen molar-refractivity contribution in [2.24, 2.45) is 0 Å². The SMILES string of the molecule is N#Cc1cccc(NC(=O)c2cccc(OCc3ccccc3)c2)c1. The van der Waals surface area contributed by atoms with Gasteiger partial charge in [0.2, 0.25) is 0 Å². The van der Waals surface area contributed by atoms with E-state index in [9.17, 15) is 4.79 Å².